The van der Waals surface area contributed by atoms with Crippen molar-refractivity contribution in [3.63, 3.8) is 0 Å². The minimum atomic E-state index is -0.960. The second-order valence-corrected chi connectivity index (χ2v) is 4.65. The first-order chi connectivity index (χ1) is 11.9. The zero-order valence-electron chi connectivity index (χ0n) is 13.5. The van der Waals surface area contributed by atoms with Crippen molar-refractivity contribution in [1.29, 1.82) is 0 Å². The maximum Gasteiger partial charge on any atom is 0.363 e. The first kappa shape index (κ1) is 17.8. The number of aryl methyl sites for hydroxylation is 1. The maximum atomic E-state index is 12.4. The molecule has 0 atom stereocenters. The van der Waals surface area contributed by atoms with E-state index in [9.17, 15) is 19.7 Å². The number of carbonyl (C=O) groups is 2. The number of rotatable bonds is 5. The molecule has 0 amide bonds. The molecule has 10 nitrogen and oxygen atoms in total. The summed E-state index contributed by atoms with van der Waals surface area (Å²) < 4.78 is 14.6. The van der Waals surface area contributed by atoms with Gasteiger partial charge in [-0.15, -0.1) is 0 Å². The van der Waals surface area contributed by atoms with Gasteiger partial charge < -0.3 is 14.2 Å². The SMILES string of the molecule is COC(=O)c1c(C)nc(OC)nc1C(=O)Oc1ccc([N+](=O)[O-])cc1. The van der Waals surface area contributed by atoms with Crippen molar-refractivity contribution in [3.8, 4) is 11.8 Å². The summed E-state index contributed by atoms with van der Waals surface area (Å²) in [7, 11) is 2.45. The quantitative estimate of drug-likeness (QED) is 0.343. The van der Waals surface area contributed by atoms with Crippen LogP contribution < -0.4 is 9.47 Å². The lowest BCUT2D eigenvalue weighted by Gasteiger charge is -2.10. The van der Waals surface area contributed by atoms with Gasteiger partial charge in [0.15, 0.2) is 5.69 Å². The normalized spacial score (nSPS) is 10.0. The summed E-state index contributed by atoms with van der Waals surface area (Å²) in [6.45, 7) is 1.49. The molecular formula is C15H13N3O7. The number of aromatic nitrogens is 2. The fraction of sp³-hybridized carbons (Fsp3) is 0.200. The third-order valence-corrected chi connectivity index (χ3v) is 3.09. The molecule has 130 valence electrons. The van der Waals surface area contributed by atoms with Crippen LogP contribution in [0.25, 0.3) is 0 Å². The van der Waals surface area contributed by atoms with Crippen LogP contribution in [0.15, 0.2) is 24.3 Å². The van der Waals surface area contributed by atoms with Crippen molar-refractivity contribution in [3.05, 3.63) is 51.3 Å². The Bertz CT molecular complexity index is 834. The molecule has 0 aliphatic rings. The van der Waals surface area contributed by atoms with E-state index in [0.29, 0.717) is 0 Å². The molecule has 1 aromatic carbocycles. The minimum Gasteiger partial charge on any atom is -0.467 e. The standard InChI is InChI=1S/C15H13N3O7/c1-8-11(13(19)23-2)12(17-15(16-8)24-3)14(20)25-10-6-4-9(5-7-10)18(21)22/h4-7H,1-3H3. The molecule has 0 aliphatic carbocycles. The van der Waals surface area contributed by atoms with Crippen LogP contribution >= 0.6 is 0 Å². The van der Waals surface area contributed by atoms with Crippen molar-refractivity contribution in [2.75, 3.05) is 14.2 Å². The molecule has 0 saturated carbocycles. The number of carbonyl (C=O) groups excluding carboxylic acids is 2. The molecule has 0 radical (unpaired) electrons. The zero-order valence-corrected chi connectivity index (χ0v) is 13.5. The van der Waals surface area contributed by atoms with Gasteiger partial charge in [-0.1, -0.05) is 0 Å². The summed E-state index contributed by atoms with van der Waals surface area (Å²) in [5.74, 6) is -1.73. The number of nitro benzene ring substituents is 1. The molecular weight excluding hydrogens is 334 g/mol. The third-order valence-electron chi connectivity index (χ3n) is 3.09. The molecule has 2 aromatic rings. The first-order valence-corrected chi connectivity index (χ1v) is 6.85. The Labute approximate surface area is 141 Å². The summed E-state index contributed by atoms with van der Waals surface area (Å²) in [5.41, 5.74) is -0.478. The first-order valence-electron chi connectivity index (χ1n) is 6.85. The summed E-state index contributed by atoms with van der Waals surface area (Å²) in [5, 5.41) is 10.6. The summed E-state index contributed by atoms with van der Waals surface area (Å²) in [6, 6.07) is 4.73. The number of benzene rings is 1. The second kappa shape index (κ2) is 7.34. The molecule has 10 heteroatoms. The number of hydrogen-bond acceptors (Lipinski definition) is 9. The lowest BCUT2D eigenvalue weighted by Crippen LogP contribution is -2.20. The number of hydrogen-bond donors (Lipinski definition) is 0. The van der Waals surface area contributed by atoms with Crippen molar-refractivity contribution < 1.29 is 28.7 Å². The predicted octanol–water partition coefficient (Wildman–Crippen LogP) is 1.71. The van der Waals surface area contributed by atoms with Gasteiger partial charge >= 0.3 is 17.9 Å². The lowest BCUT2D eigenvalue weighted by molar-refractivity contribution is -0.384. The van der Waals surface area contributed by atoms with Gasteiger partial charge in [-0.3, -0.25) is 10.1 Å². The van der Waals surface area contributed by atoms with Gasteiger partial charge in [-0.2, -0.15) is 9.97 Å². The number of non-ortho nitro benzene ring substituents is 1. The van der Waals surface area contributed by atoms with Crippen molar-refractivity contribution in [2.24, 2.45) is 0 Å². The number of ether oxygens (including phenoxy) is 3. The van der Waals surface area contributed by atoms with E-state index in [1.54, 1.807) is 0 Å². The van der Waals surface area contributed by atoms with Crippen molar-refractivity contribution in [2.45, 2.75) is 6.92 Å². The van der Waals surface area contributed by atoms with Crippen LogP contribution in [0, 0.1) is 17.0 Å². The number of esters is 2. The Hall–Kier alpha value is -3.56. The Kier molecular flexibility index (Phi) is 5.22. The highest BCUT2D eigenvalue weighted by Gasteiger charge is 2.26. The van der Waals surface area contributed by atoms with Gasteiger partial charge in [0.2, 0.25) is 0 Å². The summed E-state index contributed by atoms with van der Waals surface area (Å²) in [4.78, 5) is 42.1. The minimum absolute atomic E-state index is 0.0432. The third kappa shape index (κ3) is 3.86. The summed E-state index contributed by atoms with van der Waals surface area (Å²) in [6.07, 6.45) is 0. The van der Waals surface area contributed by atoms with Gasteiger partial charge in [0.25, 0.3) is 5.69 Å². The van der Waals surface area contributed by atoms with Crippen molar-refractivity contribution in [1.82, 2.24) is 9.97 Å². The molecule has 1 heterocycles. The second-order valence-electron chi connectivity index (χ2n) is 4.65. The van der Waals surface area contributed by atoms with Gasteiger partial charge in [0.05, 0.1) is 24.8 Å². The average Bonchev–Trinajstić information content (AvgIpc) is 2.60. The molecule has 1 aromatic heterocycles. The van der Waals surface area contributed by atoms with E-state index in [4.69, 9.17) is 9.47 Å². The van der Waals surface area contributed by atoms with E-state index in [-0.39, 0.29) is 34.4 Å². The monoisotopic (exact) mass is 347 g/mol. The molecule has 2 rings (SSSR count). The van der Waals surface area contributed by atoms with Gasteiger partial charge in [0, 0.05) is 12.1 Å². The van der Waals surface area contributed by atoms with Gasteiger partial charge in [-0.25, -0.2) is 9.59 Å². The molecule has 25 heavy (non-hydrogen) atoms. The van der Waals surface area contributed by atoms with Crippen LogP contribution in [0.3, 0.4) is 0 Å². The van der Waals surface area contributed by atoms with Crippen LogP contribution in [-0.4, -0.2) is 41.0 Å². The molecule has 0 unspecified atom stereocenters. The van der Waals surface area contributed by atoms with E-state index in [1.165, 1.54) is 38.3 Å². The molecule has 0 spiro atoms. The van der Waals surface area contributed by atoms with Crippen molar-refractivity contribution >= 4 is 17.6 Å². The lowest BCUT2D eigenvalue weighted by atomic mass is 10.1. The highest BCUT2D eigenvalue weighted by atomic mass is 16.6. The van der Waals surface area contributed by atoms with E-state index in [0.717, 1.165) is 7.11 Å². The molecule has 0 aliphatic heterocycles. The fourth-order valence-corrected chi connectivity index (χ4v) is 1.92. The number of nitro groups is 1. The van der Waals surface area contributed by atoms with Crippen LogP contribution in [0.1, 0.15) is 26.5 Å². The Balaban J connectivity index is 2.38. The smallest absolute Gasteiger partial charge is 0.363 e. The highest BCUT2D eigenvalue weighted by Crippen LogP contribution is 2.21. The zero-order chi connectivity index (χ0) is 18.6. The average molecular weight is 347 g/mol. The largest absolute Gasteiger partial charge is 0.467 e. The molecule has 0 saturated heterocycles. The van der Waals surface area contributed by atoms with Crippen LogP contribution in [0.2, 0.25) is 0 Å². The van der Waals surface area contributed by atoms with E-state index in [1.807, 2.05) is 0 Å². The summed E-state index contributed by atoms with van der Waals surface area (Å²) >= 11 is 0. The van der Waals surface area contributed by atoms with Gasteiger partial charge in [0.1, 0.15) is 11.3 Å². The topological polar surface area (TPSA) is 131 Å². The van der Waals surface area contributed by atoms with Crippen LogP contribution in [0.4, 0.5) is 5.69 Å². The van der Waals surface area contributed by atoms with Crippen LogP contribution in [0.5, 0.6) is 11.8 Å². The van der Waals surface area contributed by atoms with E-state index < -0.39 is 16.9 Å². The Morgan fingerprint density at radius 3 is 2.24 bits per heavy atom. The number of nitrogens with zero attached hydrogens (tertiary/aromatic N) is 3. The van der Waals surface area contributed by atoms with E-state index >= 15 is 0 Å². The van der Waals surface area contributed by atoms with E-state index in [2.05, 4.69) is 14.7 Å². The fourth-order valence-electron chi connectivity index (χ4n) is 1.92. The molecule has 0 bridgehead atoms. The maximum absolute atomic E-state index is 12.4. The Morgan fingerprint density at radius 2 is 1.72 bits per heavy atom. The highest BCUT2D eigenvalue weighted by molar-refractivity contribution is 6.03. The molecule has 0 fully saturated rings. The van der Waals surface area contributed by atoms with Crippen LogP contribution in [-0.2, 0) is 4.74 Å². The Morgan fingerprint density at radius 1 is 1.08 bits per heavy atom. The molecule has 0 N–H and O–H groups in total. The number of methoxy groups -OCH3 is 2. The predicted molar refractivity (Wildman–Crippen MR) is 82.7 cm³/mol. The van der Waals surface area contributed by atoms with Gasteiger partial charge in [-0.05, 0) is 19.1 Å².